The monoisotopic (exact) mass is 338 g/mol. The number of carbonyl (C=O) groups is 1. The van der Waals surface area contributed by atoms with Crippen LogP contribution in [0.4, 0.5) is 0 Å². The largest absolute Gasteiger partial charge is 0.380 e. The maximum absolute atomic E-state index is 12.9. The second-order valence-corrected chi connectivity index (χ2v) is 7.36. The van der Waals surface area contributed by atoms with E-state index in [1.165, 1.54) is 0 Å². The molecule has 0 radical (unpaired) electrons. The van der Waals surface area contributed by atoms with Crippen molar-refractivity contribution in [3.05, 3.63) is 70.6 Å². The van der Waals surface area contributed by atoms with Crippen LogP contribution in [0.15, 0.2) is 64.4 Å². The molecule has 0 spiro atoms. The van der Waals surface area contributed by atoms with Crippen LogP contribution < -0.4 is 5.32 Å². The van der Waals surface area contributed by atoms with E-state index in [-0.39, 0.29) is 11.8 Å². The highest BCUT2D eigenvalue weighted by atomic mass is 32.2. The highest BCUT2D eigenvalue weighted by molar-refractivity contribution is 8.05. The van der Waals surface area contributed by atoms with E-state index in [9.17, 15) is 4.79 Å². The van der Waals surface area contributed by atoms with Gasteiger partial charge in [-0.3, -0.25) is 4.79 Å². The molecule has 1 aliphatic rings. The minimum absolute atomic E-state index is 0.110. The number of benzene rings is 2. The molecular formula is C20H22N2OS. The lowest BCUT2D eigenvalue weighted by atomic mass is 10.1. The molecule has 2 aromatic carbocycles. The molecule has 0 aliphatic carbocycles. The third-order valence-electron chi connectivity index (χ3n) is 3.87. The lowest BCUT2D eigenvalue weighted by molar-refractivity contribution is 0.104. The van der Waals surface area contributed by atoms with Crippen molar-refractivity contribution in [2.75, 3.05) is 20.6 Å². The van der Waals surface area contributed by atoms with Crippen molar-refractivity contribution in [2.24, 2.45) is 0 Å². The summed E-state index contributed by atoms with van der Waals surface area (Å²) in [6.45, 7) is 3.04. The minimum Gasteiger partial charge on any atom is -0.380 e. The summed E-state index contributed by atoms with van der Waals surface area (Å²) in [6.07, 6.45) is 0. The van der Waals surface area contributed by atoms with Crippen LogP contribution in [0.1, 0.15) is 22.8 Å². The van der Waals surface area contributed by atoms with Gasteiger partial charge >= 0.3 is 0 Å². The van der Waals surface area contributed by atoms with Gasteiger partial charge in [0.25, 0.3) is 0 Å². The van der Waals surface area contributed by atoms with E-state index in [2.05, 4.69) is 43.4 Å². The minimum atomic E-state index is 0.110. The summed E-state index contributed by atoms with van der Waals surface area (Å²) >= 11 is 1.56. The van der Waals surface area contributed by atoms with Gasteiger partial charge in [-0.25, -0.2) is 0 Å². The van der Waals surface area contributed by atoms with Gasteiger partial charge in [0.15, 0.2) is 0 Å². The van der Waals surface area contributed by atoms with Crippen LogP contribution in [0.25, 0.3) is 5.70 Å². The normalized spacial score (nSPS) is 16.9. The molecule has 24 heavy (non-hydrogen) atoms. The number of ketones is 1. The Morgan fingerprint density at radius 3 is 2.42 bits per heavy atom. The quantitative estimate of drug-likeness (QED) is 0.839. The van der Waals surface area contributed by atoms with Crippen molar-refractivity contribution in [3.63, 3.8) is 0 Å². The number of nitrogens with one attached hydrogen (secondary N) is 1. The Morgan fingerprint density at radius 2 is 1.75 bits per heavy atom. The zero-order valence-electron chi connectivity index (χ0n) is 14.2. The summed E-state index contributed by atoms with van der Waals surface area (Å²) in [5.74, 6) is 0.110. The average molecular weight is 338 g/mol. The van der Waals surface area contributed by atoms with E-state index in [1.54, 1.807) is 11.8 Å². The molecule has 1 atom stereocenters. The van der Waals surface area contributed by atoms with Gasteiger partial charge in [0, 0.05) is 23.0 Å². The Balaban J connectivity index is 2.01. The molecule has 3 nitrogen and oxygen atoms in total. The molecule has 1 unspecified atom stereocenters. The third-order valence-corrected chi connectivity index (χ3v) is 5.04. The Kier molecular flexibility index (Phi) is 5.07. The zero-order chi connectivity index (χ0) is 17.1. The van der Waals surface area contributed by atoms with Gasteiger partial charge < -0.3 is 10.2 Å². The van der Waals surface area contributed by atoms with Gasteiger partial charge in [0.05, 0.1) is 10.6 Å². The Morgan fingerprint density at radius 1 is 1.08 bits per heavy atom. The van der Waals surface area contributed by atoms with Crippen LogP contribution in [0.2, 0.25) is 0 Å². The van der Waals surface area contributed by atoms with E-state index in [0.717, 1.165) is 33.2 Å². The molecule has 0 amide bonds. The van der Waals surface area contributed by atoms with Crippen LogP contribution in [0, 0.1) is 0 Å². The number of rotatable bonds is 5. The molecule has 2 aromatic rings. The second kappa shape index (κ2) is 7.24. The zero-order valence-corrected chi connectivity index (χ0v) is 15.1. The smallest absolute Gasteiger partial charge is 0.202 e. The fourth-order valence-electron chi connectivity index (χ4n) is 2.91. The predicted molar refractivity (Wildman–Crippen MR) is 101 cm³/mol. The van der Waals surface area contributed by atoms with Crippen molar-refractivity contribution in [2.45, 2.75) is 17.9 Å². The number of Topliss-reactive ketones (excluding diaryl/α,β-unsaturated/α-hetero) is 1. The molecular weight excluding hydrogens is 316 g/mol. The lowest BCUT2D eigenvalue weighted by Crippen LogP contribution is -2.35. The maximum Gasteiger partial charge on any atom is 0.202 e. The van der Waals surface area contributed by atoms with Gasteiger partial charge in [0.1, 0.15) is 0 Å². The van der Waals surface area contributed by atoms with Gasteiger partial charge in [-0.15, -0.1) is 0 Å². The molecule has 0 fully saturated rings. The van der Waals surface area contributed by atoms with Crippen LogP contribution in [0.3, 0.4) is 0 Å². The van der Waals surface area contributed by atoms with Crippen molar-refractivity contribution >= 4 is 23.2 Å². The summed E-state index contributed by atoms with van der Waals surface area (Å²) in [5.41, 5.74) is 2.77. The topological polar surface area (TPSA) is 32.3 Å². The third kappa shape index (κ3) is 3.55. The van der Waals surface area contributed by atoms with E-state index in [1.807, 2.05) is 42.5 Å². The molecule has 0 bridgehead atoms. The van der Waals surface area contributed by atoms with Gasteiger partial charge in [0.2, 0.25) is 5.78 Å². The Bertz CT molecular complexity index is 768. The molecule has 3 rings (SSSR count). The summed E-state index contributed by atoms with van der Waals surface area (Å²) in [5, 5.41) is 3.57. The second-order valence-electron chi connectivity index (χ2n) is 6.31. The first kappa shape index (κ1) is 16.8. The number of carbonyl (C=O) groups excluding carboxylic acids is 1. The number of fused-ring (bicyclic) bond motifs is 1. The first-order valence-electron chi connectivity index (χ1n) is 8.09. The average Bonchev–Trinajstić information content (AvgIpc) is 2.90. The van der Waals surface area contributed by atoms with E-state index in [4.69, 9.17) is 0 Å². The van der Waals surface area contributed by atoms with Crippen LogP contribution in [-0.2, 0) is 0 Å². The molecule has 1 heterocycles. The van der Waals surface area contributed by atoms with Crippen LogP contribution in [-0.4, -0.2) is 37.4 Å². The number of hydrogen-bond donors (Lipinski definition) is 1. The number of nitrogens with zero attached hydrogens (tertiary/aromatic N) is 1. The molecule has 1 aliphatic heterocycles. The SMILES string of the molecule is CC(CN(C)C)NC(=C1Sc2ccccc2C1=O)c1ccccc1. The number of allylic oxidation sites excluding steroid dienone is 1. The molecule has 124 valence electrons. The molecule has 0 saturated heterocycles. The Labute approximate surface area is 147 Å². The first-order chi connectivity index (χ1) is 11.6. The van der Waals surface area contributed by atoms with E-state index >= 15 is 0 Å². The van der Waals surface area contributed by atoms with E-state index in [0.29, 0.717) is 0 Å². The van der Waals surface area contributed by atoms with Crippen molar-refractivity contribution in [1.29, 1.82) is 0 Å². The summed E-state index contributed by atoms with van der Waals surface area (Å²) in [7, 11) is 4.11. The fourth-order valence-corrected chi connectivity index (χ4v) is 4.03. The van der Waals surface area contributed by atoms with Gasteiger partial charge in [-0.05, 0) is 38.7 Å². The Hall–Kier alpha value is -2.04. The fraction of sp³-hybridized carbons (Fsp3) is 0.250. The summed E-state index contributed by atoms with van der Waals surface area (Å²) < 4.78 is 0. The summed E-state index contributed by atoms with van der Waals surface area (Å²) in [4.78, 5) is 16.8. The number of thioether (sulfide) groups is 1. The van der Waals surface area contributed by atoms with Crippen molar-refractivity contribution < 1.29 is 4.79 Å². The summed E-state index contributed by atoms with van der Waals surface area (Å²) in [6, 6.07) is 18.2. The molecule has 4 heteroatoms. The number of likely N-dealkylation sites (N-methyl/N-ethyl adjacent to an activating group) is 1. The molecule has 0 saturated carbocycles. The van der Waals surface area contributed by atoms with E-state index < -0.39 is 0 Å². The van der Waals surface area contributed by atoms with Crippen LogP contribution >= 0.6 is 11.8 Å². The first-order valence-corrected chi connectivity index (χ1v) is 8.90. The predicted octanol–water partition coefficient (Wildman–Crippen LogP) is 3.88. The molecule has 0 aromatic heterocycles. The highest BCUT2D eigenvalue weighted by Crippen LogP contribution is 2.42. The standard InChI is InChI=1S/C20H22N2OS/c1-14(13-22(2)3)21-18(15-9-5-4-6-10-15)20-19(23)16-11-7-8-12-17(16)24-20/h4-12,14,21H,13H2,1-3H3. The van der Waals surface area contributed by atoms with Crippen molar-refractivity contribution in [3.8, 4) is 0 Å². The number of hydrogen-bond acceptors (Lipinski definition) is 4. The lowest BCUT2D eigenvalue weighted by Gasteiger charge is -2.22. The molecule has 1 N–H and O–H groups in total. The van der Waals surface area contributed by atoms with Gasteiger partial charge in [-0.2, -0.15) is 0 Å². The van der Waals surface area contributed by atoms with Crippen molar-refractivity contribution in [1.82, 2.24) is 10.2 Å². The van der Waals surface area contributed by atoms with Crippen LogP contribution in [0.5, 0.6) is 0 Å². The highest BCUT2D eigenvalue weighted by Gasteiger charge is 2.29. The van der Waals surface area contributed by atoms with Gasteiger partial charge in [-0.1, -0.05) is 54.2 Å². The maximum atomic E-state index is 12.9.